The third kappa shape index (κ3) is 4.16. The lowest BCUT2D eigenvalue weighted by Crippen LogP contribution is -2.31. The minimum Gasteiger partial charge on any atom is -0.339 e. The molecule has 124 valence electrons. The molecule has 0 saturated heterocycles. The zero-order valence-corrected chi connectivity index (χ0v) is 14.3. The van der Waals surface area contributed by atoms with Crippen molar-refractivity contribution in [2.75, 3.05) is 7.05 Å². The van der Waals surface area contributed by atoms with Crippen molar-refractivity contribution in [2.24, 2.45) is 0 Å². The summed E-state index contributed by atoms with van der Waals surface area (Å²) in [6.07, 6.45) is 7.74. The molecule has 23 heavy (non-hydrogen) atoms. The molecule has 3 rings (SSSR count). The predicted octanol–water partition coefficient (Wildman–Crippen LogP) is 3.49. The van der Waals surface area contributed by atoms with E-state index in [2.05, 4.69) is 47.0 Å². The normalized spacial score (nSPS) is 17.0. The summed E-state index contributed by atoms with van der Waals surface area (Å²) in [6, 6.07) is 4.55. The van der Waals surface area contributed by atoms with Gasteiger partial charge in [0.2, 0.25) is 5.89 Å². The second-order valence-electron chi connectivity index (χ2n) is 6.82. The van der Waals surface area contributed by atoms with Crippen LogP contribution < -0.4 is 0 Å². The van der Waals surface area contributed by atoms with E-state index in [1.165, 1.54) is 31.2 Å². The predicted molar refractivity (Wildman–Crippen MR) is 89.1 cm³/mol. The molecule has 0 bridgehead atoms. The van der Waals surface area contributed by atoms with Crippen molar-refractivity contribution in [3.05, 3.63) is 41.3 Å². The standard InChI is InChI=1S/C18H26N4O/c1-13-8-9-19-16(10-13)11-14(2)22(3)12-17-20-18(23-21-17)15-6-4-5-7-15/h8-10,14-15H,4-7,11-12H2,1-3H3. The van der Waals surface area contributed by atoms with Crippen LogP contribution >= 0.6 is 0 Å². The number of rotatable bonds is 6. The molecule has 1 aliphatic carbocycles. The molecule has 2 aromatic heterocycles. The van der Waals surface area contributed by atoms with Crippen LogP contribution in [-0.2, 0) is 13.0 Å². The second kappa shape index (κ2) is 7.21. The molecule has 1 fully saturated rings. The fourth-order valence-corrected chi connectivity index (χ4v) is 3.22. The van der Waals surface area contributed by atoms with Gasteiger partial charge in [-0.25, -0.2) is 0 Å². The fourth-order valence-electron chi connectivity index (χ4n) is 3.22. The smallest absolute Gasteiger partial charge is 0.229 e. The molecule has 1 aliphatic rings. The lowest BCUT2D eigenvalue weighted by molar-refractivity contribution is 0.236. The Kier molecular flexibility index (Phi) is 5.06. The Bertz CT molecular complexity index is 633. The number of nitrogens with zero attached hydrogens (tertiary/aromatic N) is 4. The van der Waals surface area contributed by atoms with Crippen molar-refractivity contribution in [1.29, 1.82) is 0 Å². The molecule has 1 saturated carbocycles. The number of aromatic nitrogens is 3. The zero-order valence-electron chi connectivity index (χ0n) is 14.3. The van der Waals surface area contributed by atoms with E-state index in [-0.39, 0.29) is 0 Å². The first kappa shape index (κ1) is 16.1. The highest BCUT2D eigenvalue weighted by atomic mass is 16.5. The summed E-state index contributed by atoms with van der Waals surface area (Å²) >= 11 is 0. The minimum absolute atomic E-state index is 0.373. The van der Waals surface area contributed by atoms with Crippen LogP contribution in [0.4, 0.5) is 0 Å². The van der Waals surface area contributed by atoms with Gasteiger partial charge in [0.1, 0.15) is 0 Å². The Morgan fingerprint density at radius 2 is 2.13 bits per heavy atom. The molecule has 0 N–H and O–H groups in total. The first-order valence-corrected chi connectivity index (χ1v) is 8.56. The third-order valence-electron chi connectivity index (χ3n) is 4.81. The van der Waals surface area contributed by atoms with Gasteiger partial charge in [0, 0.05) is 30.3 Å². The zero-order chi connectivity index (χ0) is 16.2. The topological polar surface area (TPSA) is 55.1 Å². The maximum atomic E-state index is 5.46. The molecular weight excluding hydrogens is 288 g/mol. The van der Waals surface area contributed by atoms with E-state index in [0.717, 1.165) is 23.8 Å². The number of hydrogen-bond acceptors (Lipinski definition) is 5. The highest BCUT2D eigenvalue weighted by molar-refractivity contribution is 5.15. The largest absolute Gasteiger partial charge is 0.339 e. The van der Waals surface area contributed by atoms with E-state index in [9.17, 15) is 0 Å². The Morgan fingerprint density at radius 1 is 1.35 bits per heavy atom. The Hall–Kier alpha value is -1.75. The average Bonchev–Trinajstić information content (AvgIpc) is 3.17. The van der Waals surface area contributed by atoms with E-state index in [1.807, 2.05) is 12.3 Å². The SMILES string of the molecule is Cc1ccnc(CC(C)N(C)Cc2noc(C3CCCC3)n2)c1. The lowest BCUT2D eigenvalue weighted by atomic mass is 10.1. The van der Waals surface area contributed by atoms with Gasteiger partial charge in [0.25, 0.3) is 0 Å². The van der Waals surface area contributed by atoms with Gasteiger partial charge in [0.05, 0.1) is 6.54 Å². The fraction of sp³-hybridized carbons (Fsp3) is 0.611. The van der Waals surface area contributed by atoms with Crippen LogP contribution in [-0.4, -0.2) is 33.1 Å². The van der Waals surface area contributed by atoms with Crippen LogP contribution in [0.3, 0.4) is 0 Å². The molecule has 1 atom stereocenters. The van der Waals surface area contributed by atoms with Gasteiger partial charge in [-0.15, -0.1) is 0 Å². The average molecular weight is 314 g/mol. The summed E-state index contributed by atoms with van der Waals surface area (Å²) in [4.78, 5) is 11.3. The van der Waals surface area contributed by atoms with E-state index in [0.29, 0.717) is 18.5 Å². The van der Waals surface area contributed by atoms with Gasteiger partial charge in [-0.05, 0) is 51.4 Å². The molecule has 5 heteroatoms. The van der Waals surface area contributed by atoms with E-state index >= 15 is 0 Å². The van der Waals surface area contributed by atoms with Crippen LogP contribution in [0.15, 0.2) is 22.9 Å². The second-order valence-corrected chi connectivity index (χ2v) is 6.82. The van der Waals surface area contributed by atoms with Crippen molar-refractivity contribution >= 4 is 0 Å². The minimum atomic E-state index is 0.373. The number of likely N-dealkylation sites (N-methyl/N-ethyl adjacent to an activating group) is 1. The highest BCUT2D eigenvalue weighted by Gasteiger charge is 2.23. The maximum Gasteiger partial charge on any atom is 0.229 e. The quantitative estimate of drug-likeness (QED) is 0.817. The van der Waals surface area contributed by atoms with Crippen LogP contribution in [0.1, 0.15) is 61.5 Å². The Labute approximate surface area is 138 Å². The molecule has 0 radical (unpaired) electrons. The molecule has 0 aliphatic heterocycles. The highest BCUT2D eigenvalue weighted by Crippen LogP contribution is 2.32. The summed E-state index contributed by atoms with van der Waals surface area (Å²) in [5.41, 5.74) is 2.38. The van der Waals surface area contributed by atoms with Gasteiger partial charge in [-0.1, -0.05) is 18.0 Å². The van der Waals surface area contributed by atoms with E-state index in [4.69, 9.17) is 4.52 Å². The van der Waals surface area contributed by atoms with Gasteiger partial charge >= 0.3 is 0 Å². The number of pyridine rings is 1. The van der Waals surface area contributed by atoms with Crippen LogP contribution in [0.25, 0.3) is 0 Å². The molecule has 2 heterocycles. The lowest BCUT2D eigenvalue weighted by Gasteiger charge is -2.23. The van der Waals surface area contributed by atoms with Gasteiger partial charge in [-0.2, -0.15) is 4.98 Å². The summed E-state index contributed by atoms with van der Waals surface area (Å²) in [7, 11) is 2.10. The summed E-state index contributed by atoms with van der Waals surface area (Å²) in [5, 5.41) is 4.16. The van der Waals surface area contributed by atoms with E-state index < -0.39 is 0 Å². The van der Waals surface area contributed by atoms with Crippen molar-refractivity contribution in [2.45, 2.75) is 64.5 Å². The molecule has 0 amide bonds. The monoisotopic (exact) mass is 314 g/mol. The summed E-state index contributed by atoms with van der Waals surface area (Å²) in [6.45, 7) is 5.02. The Balaban J connectivity index is 1.56. The number of hydrogen-bond donors (Lipinski definition) is 0. The molecule has 2 aromatic rings. The third-order valence-corrected chi connectivity index (χ3v) is 4.81. The Morgan fingerprint density at radius 3 is 2.87 bits per heavy atom. The van der Waals surface area contributed by atoms with Crippen LogP contribution in [0.2, 0.25) is 0 Å². The molecular formula is C18H26N4O. The van der Waals surface area contributed by atoms with E-state index in [1.54, 1.807) is 0 Å². The number of aryl methyl sites for hydroxylation is 1. The van der Waals surface area contributed by atoms with Gasteiger partial charge < -0.3 is 4.52 Å². The molecule has 0 aromatic carbocycles. The van der Waals surface area contributed by atoms with Gasteiger partial charge in [-0.3, -0.25) is 9.88 Å². The van der Waals surface area contributed by atoms with Crippen LogP contribution in [0.5, 0.6) is 0 Å². The van der Waals surface area contributed by atoms with Crippen molar-refractivity contribution < 1.29 is 4.52 Å². The summed E-state index contributed by atoms with van der Waals surface area (Å²) in [5.74, 6) is 2.10. The van der Waals surface area contributed by atoms with Crippen LogP contribution in [0, 0.1) is 6.92 Å². The first-order chi connectivity index (χ1) is 11.1. The van der Waals surface area contributed by atoms with Crippen molar-refractivity contribution in [1.82, 2.24) is 20.0 Å². The molecule has 1 unspecified atom stereocenters. The summed E-state index contributed by atoms with van der Waals surface area (Å²) < 4.78 is 5.46. The van der Waals surface area contributed by atoms with Crippen molar-refractivity contribution in [3.8, 4) is 0 Å². The van der Waals surface area contributed by atoms with Crippen molar-refractivity contribution in [3.63, 3.8) is 0 Å². The molecule has 0 spiro atoms. The maximum absolute atomic E-state index is 5.46. The molecule has 5 nitrogen and oxygen atoms in total. The first-order valence-electron chi connectivity index (χ1n) is 8.56. The van der Waals surface area contributed by atoms with Gasteiger partial charge in [0.15, 0.2) is 5.82 Å².